The first-order valence-electron chi connectivity index (χ1n) is 10.9. The fourth-order valence-electron chi connectivity index (χ4n) is 4.39. The van der Waals surface area contributed by atoms with Crippen LogP contribution in [0.2, 0.25) is 0 Å². The van der Waals surface area contributed by atoms with Gasteiger partial charge in [0, 0.05) is 49.4 Å². The molecule has 6 heteroatoms. The topological polar surface area (TPSA) is 68.8 Å². The third-order valence-corrected chi connectivity index (χ3v) is 5.94. The number of aliphatic imine (C=N–C) groups is 1. The molecule has 4 rings (SSSR count). The highest BCUT2D eigenvalue weighted by Crippen LogP contribution is 2.31. The summed E-state index contributed by atoms with van der Waals surface area (Å²) in [5.74, 6) is 1.02. The van der Waals surface area contributed by atoms with Crippen molar-refractivity contribution in [2.24, 2.45) is 4.99 Å². The fourth-order valence-corrected chi connectivity index (χ4v) is 4.39. The molecule has 0 fully saturated rings. The Balaban J connectivity index is 1.40. The van der Waals surface area contributed by atoms with Gasteiger partial charge < -0.3 is 20.9 Å². The molecule has 0 spiro atoms. The molecule has 0 radical (unpaired) electrons. The second-order valence-corrected chi connectivity index (χ2v) is 8.06. The van der Waals surface area contributed by atoms with Gasteiger partial charge in [0.2, 0.25) is 5.91 Å². The number of fused-ring (bicyclic) bond motifs is 2. The summed E-state index contributed by atoms with van der Waals surface area (Å²) in [6.07, 6.45) is 1.59. The van der Waals surface area contributed by atoms with Crippen molar-refractivity contribution >= 4 is 23.2 Å². The van der Waals surface area contributed by atoms with E-state index < -0.39 is 0 Å². The molecule has 0 saturated carbocycles. The molecule has 2 aromatic carbocycles. The molecule has 0 bridgehead atoms. The Kier molecular flexibility index (Phi) is 6.21. The minimum Gasteiger partial charge on any atom is -0.366 e. The minimum absolute atomic E-state index is 0.0729. The Bertz CT molecular complexity index is 925. The van der Waals surface area contributed by atoms with Gasteiger partial charge in [-0.05, 0) is 43.5 Å². The van der Waals surface area contributed by atoms with Crippen molar-refractivity contribution in [2.45, 2.75) is 38.6 Å². The van der Waals surface area contributed by atoms with E-state index in [1.807, 2.05) is 18.2 Å². The molecule has 1 amide bonds. The molecule has 2 heterocycles. The summed E-state index contributed by atoms with van der Waals surface area (Å²) < 4.78 is 0. The zero-order valence-corrected chi connectivity index (χ0v) is 17.8. The van der Waals surface area contributed by atoms with E-state index >= 15 is 0 Å². The van der Waals surface area contributed by atoms with E-state index in [4.69, 9.17) is 4.99 Å². The highest BCUT2D eigenvalue weighted by molar-refractivity contribution is 5.94. The predicted molar refractivity (Wildman–Crippen MR) is 123 cm³/mol. The van der Waals surface area contributed by atoms with E-state index in [2.05, 4.69) is 65.0 Å². The van der Waals surface area contributed by atoms with Crippen LogP contribution in [-0.4, -0.2) is 44.1 Å². The molecule has 0 aliphatic carbocycles. The van der Waals surface area contributed by atoms with Crippen LogP contribution in [0.3, 0.4) is 0 Å². The maximum Gasteiger partial charge on any atom is 0.225 e. The number of para-hydroxylation sites is 2. The molecule has 2 atom stereocenters. The predicted octanol–water partition coefficient (Wildman–Crippen LogP) is 3.12. The normalized spacial score (nSPS) is 19.0. The van der Waals surface area contributed by atoms with Crippen LogP contribution in [0, 0.1) is 0 Å². The lowest BCUT2D eigenvalue weighted by Gasteiger charge is -2.27. The number of nitrogens with zero attached hydrogens (tertiary/aromatic N) is 2. The molecule has 30 heavy (non-hydrogen) atoms. The summed E-state index contributed by atoms with van der Waals surface area (Å²) in [4.78, 5) is 19.4. The average molecular weight is 406 g/mol. The summed E-state index contributed by atoms with van der Waals surface area (Å²) >= 11 is 0. The third kappa shape index (κ3) is 4.42. The van der Waals surface area contributed by atoms with Crippen LogP contribution in [0.4, 0.5) is 11.4 Å². The first kappa shape index (κ1) is 20.3. The number of benzene rings is 2. The van der Waals surface area contributed by atoms with Crippen LogP contribution in [-0.2, 0) is 11.2 Å². The van der Waals surface area contributed by atoms with Gasteiger partial charge in [-0.2, -0.15) is 0 Å². The summed E-state index contributed by atoms with van der Waals surface area (Å²) in [5.41, 5.74) is 4.86. The van der Waals surface area contributed by atoms with Gasteiger partial charge in [0.1, 0.15) is 0 Å². The third-order valence-electron chi connectivity index (χ3n) is 5.94. The minimum atomic E-state index is 0.0729. The quantitative estimate of drug-likeness (QED) is 0.510. The molecule has 2 aromatic rings. The Morgan fingerprint density at radius 3 is 2.87 bits per heavy atom. The maximum atomic E-state index is 12.1. The maximum absolute atomic E-state index is 12.1. The van der Waals surface area contributed by atoms with Gasteiger partial charge in [-0.3, -0.25) is 9.79 Å². The summed E-state index contributed by atoms with van der Waals surface area (Å²) in [7, 11) is 0. The molecule has 0 saturated heterocycles. The van der Waals surface area contributed by atoms with Gasteiger partial charge in [0.15, 0.2) is 5.96 Å². The molecule has 2 unspecified atom stereocenters. The molecule has 6 nitrogen and oxygen atoms in total. The largest absolute Gasteiger partial charge is 0.366 e. The Morgan fingerprint density at radius 2 is 2.00 bits per heavy atom. The van der Waals surface area contributed by atoms with Crippen LogP contribution in [0.15, 0.2) is 53.5 Å². The van der Waals surface area contributed by atoms with Gasteiger partial charge in [-0.1, -0.05) is 36.4 Å². The highest BCUT2D eigenvalue weighted by Gasteiger charge is 2.25. The summed E-state index contributed by atoms with van der Waals surface area (Å²) in [5, 5.41) is 9.76. The smallest absolute Gasteiger partial charge is 0.225 e. The van der Waals surface area contributed by atoms with Crippen LogP contribution >= 0.6 is 0 Å². The lowest BCUT2D eigenvalue weighted by atomic mass is 9.90. The number of carbonyl (C=O) groups excluding carboxylic acids is 1. The van der Waals surface area contributed by atoms with Gasteiger partial charge >= 0.3 is 0 Å². The second kappa shape index (κ2) is 9.20. The van der Waals surface area contributed by atoms with Crippen molar-refractivity contribution in [3.63, 3.8) is 0 Å². The summed E-state index contributed by atoms with van der Waals surface area (Å²) in [6.45, 7) is 7.54. The standard InChI is InChI=1S/C24H31N5O/c1-3-25-24(26-15-17(2)29-13-12-18-8-4-7-11-22(18)29)27-16-19-14-23(30)28-21-10-6-5-9-20(19)21/h4-11,17,19H,3,12-16H2,1-2H3,(H,28,30)(H2,25,26,27). The zero-order chi connectivity index (χ0) is 20.9. The Morgan fingerprint density at radius 1 is 1.20 bits per heavy atom. The van der Waals surface area contributed by atoms with Crippen LogP contribution in [0.1, 0.15) is 37.3 Å². The van der Waals surface area contributed by atoms with Crippen molar-refractivity contribution in [1.29, 1.82) is 0 Å². The van der Waals surface area contributed by atoms with Crippen molar-refractivity contribution in [3.05, 3.63) is 59.7 Å². The number of carbonyl (C=O) groups is 1. The van der Waals surface area contributed by atoms with E-state index in [0.717, 1.165) is 31.2 Å². The SMILES string of the molecule is CCNC(=NCC(C)N1CCc2ccccc21)NCC1CC(=O)Nc2ccccc21. The van der Waals surface area contributed by atoms with Crippen LogP contribution in [0.25, 0.3) is 0 Å². The molecule has 2 aliphatic heterocycles. The Hall–Kier alpha value is -3.02. The van der Waals surface area contributed by atoms with Gasteiger partial charge in [0.25, 0.3) is 0 Å². The number of hydrogen-bond donors (Lipinski definition) is 3. The lowest BCUT2D eigenvalue weighted by molar-refractivity contribution is -0.116. The average Bonchev–Trinajstić information content (AvgIpc) is 3.19. The number of nitrogens with one attached hydrogen (secondary N) is 3. The second-order valence-electron chi connectivity index (χ2n) is 8.06. The fraction of sp³-hybridized carbons (Fsp3) is 0.417. The van der Waals surface area contributed by atoms with Crippen molar-refractivity contribution < 1.29 is 4.79 Å². The number of amides is 1. The van der Waals surface area contributed by atoms with Gasteiger partial charge in [-0.15, -0.1) is 0 Å². The summed E-state index contributed by atoms with van der Waals surface area (Å²) in [6, 6.07) is 17.0. The van der Waals surface area contributed by atoms with Crippen LogP contribution in [0.5, 0.6) is 0 Å². The van der Waals surface area contributed by atoms with Crippen molar-refractivity contribution in [2.75, 3.05) is 36.4 Å². The Labute approximate surface area is 178 Å². The van der Waals surface area contributed by atoms with Gasteiger partial charge in [0.05, 0.1) is 6.54 Å². The number of rotatable bonds is 6. The lowest BCUT2D eigenvalue weighted by Crippen LogP contribution is -2.42. The molecule has 0 aromatic heterocycles. The zero-order valence-electron chi connectivity index (χ0n) is 17.8. The number of guanidine groups is 1. The molecular weight excluding hydrogens is 374 g/mol. The molecular formula is C24H31N5O. The number of anilines is 2. The molecule has 158 valence electrons. The molecule has 3 N–H and O–H groups in total. The monoisotopic (exact) mass is 405 g/mol. The first-order chi connectivity index (χ1) is 14.7. The van der Waals surface area contributed by atoms with E-state index in [-0.39, 0.29) is 11.8 Å². The van der Waals surface area contributed by atoms with Crippen molar-refractivity contribution in [1.82, 2.24) is 10.6 Å². The van der Waals surface area contributed by atoms with E-state index in [0.29, 0.717) is 25.6 Å². The molecule has 2 aliphatic rings. The van der Waals surface area contributed by atoms with Crippen molar-refractivity contribution in [3.8, 4) is 0 Å². The highest BCUT2D eigenvalue weighted by atomic mass is 16.1. The van der Waals surface area contributed by atoms with E-state index in [1.54, 1.807) is 0 Å². The van der Waals surface area contributed by atoms with E-state index in [1.165, 1.54) is 16.8 Å². The van der Waals surface area contributed by atoms with Gasteiger partial charge in [-0.25, -0.2) is 0 Å². The number of hydrogen-bond acceptors (Lipinski definition) is 3. The van der Waals surface area contributed by atoms with E-state index in [9.17, 15) is 4.79 Å². The first-order valence-corrected chi connectivity index (χ1v) is 10.9. The van der Waals surface area contributed by atoms with Crippen LogP contribution < -0.4 is 20.9 Å².